The van der Waals surface area contributed by atoms with Crippen molar-refractivity contribution in [1.29, 1.82) is 0 Å². The molecule has 1 saturated carbocycles. The van der Waals surface area contributed by atoms with Crippen molar-refractivity contribution in [2.24, 2.45) is 0 Å². The molecule has 2 rings (SSSR count). The number of phenolic OH excluding ortho intramolecular Hbond substituents is 2. The van der Waals surface area contributed by atoms with E-state index >= 15 is 0 Å². The van der Waals surface area contributed by atoms with Gasteiger partial charge in [0.1, 0.15) is 0 Å². The number of carbonyl (C=O) groups is 1. The largest absolute Gasteiger partial charge is 0.504 e. The zero-order valence-electron chi connectivity index (χ0n) is 9.44. The Hall–Kier alpha value is -1.75. The number of carbonyl (C=O) groups excluding carboxylic acids is 1. The number of hydrogen-bond acceptors (Lipinski definition) is 4. The Morgan fingerprint density at radius 1 is 1.24 bits per heavy atom. The molecule has 5 heteroatoms. The quantitative estimate of drug-likeness (QED) is 0.445. The first-order chi connectivity index (χ1) is 8.16. The van der Waals surface area contributed by atoms with Gasteiger partial charge in [0.25, 0.3) is 5.91 Å². The fourth-order valence-electron chi connectivity index (χ4n) is 1.51. The molecule has 17 heavy (non-hydrogen) atoms. The van der Waals surface area contributed by atoms with E-state index in [9.17, 15) is 9.90 Å². The maximum Gasteiger partial charge on any atom is 0.251 e. The highest BCUT2D eigenvalue weighted by atomic mass is 16.3. The van der Waals surface area contributed by atoms with E-state index in [1.54, 1.807) is 0 Å². The molecule has 1 aromatic carbocycles. The van der Waals surface area contributed by atoms with Crippen LogP contribution in [0, 0.1) is 0 Å². The minimum atomic E-state index is -0.284. The standard InChI is InChI=1S/C12H16N2O3/c15-10-4-1-8(7-11(10)16)12(17)14-6-5-13-9-2-3-9/h1,4,7,9,13,15-16H,2-3,5-6H2,(H,14,17). The molecule has 0 radical (unpaired) electrons. The lowest BCUT2D eigenvalue weighted by molar-refractivity contribution is 0.0953. The number of phenols is 2. The molecule has 1 fully saturated rings. The van der Waals surface area contributed by atoms with Crippen LogP contribution in [0.3, 0.4) is 0 Å². The lowest BCUT2D eigenvalue weighted by Gasteiger charge is -2.06. The van der Waals surface area contributed by atoms with Gasteiger partial charge in [0.2, 0.25) is 0 Å². The van der Waals surface area contributed by atoms with Crippen molar-refractivity contribution < 1.29 is 15.0 Å². The second kappa shape index (κ2) is 5.05. The van der Waals surface area contributed by atoms with Gasteiger partial charge in [-0.05, 0) is 31.0 Å². The van der Waals surface area contributed by atoms with Crippen molar-refractivity contribution in [2.75, 3.05) is 13.1 Å². The molecular formula is C12H16N2O3. The van der Waals surface area contributed by atoms with E-state index in [2.05, 4.69) is 10.6 Å². The van der Waals surface area contributed by atoms with Gasteiger partial charge in [-0.25, -0.2) is 0 Å². The van der Waals surface area contributed by atoms with Gasteiger partial charge in [-0.3, -0.25) is 4.79 Å². The summed E-state index contributed by atoms with van der Waals surface area (Å²) in [5.41, 5.74) is 0.340. The molecule has 1 aliphatic carbocycles. The number of benzene rings is 1. The van der Waals surface area contributed by atoms with Crippen molar-refractivity contribution in [1.82, 2.24) is 10.6 Å². The Bertz CT molecular complexity index is 416. The van der Waals surface area contributed by atoms with E-state index in [0.29, 0.717) is 18.2 Å². The first-order valence-corrected chi connectivity index (χ1v) is 5.70. The Labute approximate surface area is 99.5 Å². The van der Waals surface area contributed by atoms with Gasteiger partial charge in [-0.2, -0.15) is 0 Å². The van der Waals surface area contributed by atoms with E-state index in [4.69, 9.17) is 5.11 Å². The van der Waals surface area contributed by atoms with Gasteiger partial charge in [-0.1, -0.05) is 0 Å². The van der Waals surface area contributed by atoms with Gasteiger partial charge < -0.3 is 20.8 Å². The summed E-state index contributed by atoms with van der Waals surface area (Å²) in [5.74, 6) is -0.761. The first-order valence-electron chi connectivity index (χ1n) is 5.70. The molecule has 0 atom stereocenters. The molecule has 1 aromatic rings. The van der Waals surface area contributed by atoms with Gasteiger partial charge in [-0.15, -0.1) is 0 Å². The summed E-state index contributed by atoms with van der Waals surface area (Å²) in [6.45, 7) is 1.30. The predicted octanol–water partition coefficient (Wildman–Crippen LogP) is 0.580. The topological polar surface area (TPSA) is 81.6 Å². The molecule has 5 nitrogen and oxygen atoms in total. The molecule has 1 aliphatic rings. The van der Waals surface area contributed by atoms with E-state index < -0.39 is 0 Å². The minimum Gasteiger partial charge on any atom is -0.504 e. The smallest absolute Gasteiger partial charge is 0.251 e. The molecule has 0 spiro atoms. The van der Waals surface area contributed by atoms with Crippen molar-refractivity contribution in [3.8, 4) is 11.5 Å². The summed E-state index contributed by atoms with van der Waals surface area (Å²) in [5, 5.41) is 24.4. The van der Waals surface area contributed by atoms with Crippen LogP contribution in [0.15, 0.2) is 18.2 Å². The number of hydrogen-bond donors (Lipinski definition) is 4. The number of amides is 1. The minimum absolute atomic E-state index is 0.225. The second-order valence-corrected chi connectivity index (χ2v) is 4.19. The molecule has 0 aromatic heterocycles. The van der Waals surface area contributed by atoms with Crippen LogP contribution in [-0.4, -0.2) is 35.3 Å². The van der Waals surface area contributed by atoms with Crippen LogP contribution in [0.4, 0.5) is 0 Å². The Morgan fingerprint density at radius 3 is 2.65 bits per heavy atom. The third kappa shape index (κ3) is 3.35. The summed E-state index contributed by atoms with van der Waals surface area (Å²) in [7, 11) is 0. The third-order valence-corrected chi connectivity index (χ3v) is 2.66. The molecule has 0 aliphatic heterocycles. The highest BCUT2D eigenvalue weighted by Gasteiger charge is 2.19. The summed E-state index contributed by atoms with van der Waals surface area (Å²) < 4.78 is 0. The van der Waals surface area contributed by atoms with E-state index in [1.165, 1.54) is 31.0 Å². The van der Waals surface area contributed by atoms with E-state index in [0.717, 1.165) is 6.54 Å². The summed E-state index contributed by atoms with van der Waals surface area (Å²) in [6, 6.07) is 4.65. The van der Waals surface area contributed by atoms with Crippen LogP contribution in [0.5, 0.6) is 11.5 Å². The number of rotatable bonds is 5. The third-order valence-electron chi connectivity index (χ3n) is 2.66. The fraction of sp³-hybridized carbons (Fsp3) is 0.417. The van der Waals surface area contributed by atoms with Crippen LogP contribution >= 0.6 is 0 Å². The van der Waals surface area contributed by atoms with Gasteiger partial charge in [0, 0.05) is 24.7 Å². The molecule has 0 heterocycles. The SMILES string of the molecule is O=C(NCCNC1CC1)c1ccc(O)c(O)c1. The zero-order chi connectivity index (χ0) is 12.3. The second-order valence-electron chi connectivity index (χ2n) is 4.19. The molecule has 0 unspecified atom stereocenters. The maximum absolute atomic E-state index is 11.6. The van der Waals surface area contributed by atoms with E-state index in [1.807, 2.05) is 0 Å². The highest BCUT2D eigenvalue weighted by Crippen LogP contribution is 2.24. The summed E-state index contributed by atoms with van der Waals surface area (Å²) in [4.78, 5) is 11.6. The van der Waals surface area contributed by atoms with Crippen LogP contribution in [0.25, 0.3) is 0 Å². The van der Waals surface area contributed by atoms with Crippen LogP contribution in [-0.2, 0) is 0 Å². The van der Waals surface area contributed by atoms with Crippen molar-refractivity contribution in [3.05, 3.63) is 23.8 Å². The molecular weight excluding hydrogens is 220 g/mol. The Balaban J connectivity index is 1.79. The van der Waals surface area contributed by atoms with Crippen LogP contribution in [0.1, 0.15) is 23.2 Å². The maximum atomic E-state index is 11.6. The molecule has 0 bridgehead atoms. The lowest BCUT2D eigenvalue weighted by Crippen LogP contribution is -2.32. The van der Waals surface area contributed by atoms with Crippen molar-refractivity contribution >= 4 is 5.91 Å². The zero-order valence-corrected chi connectivity index (χ0v) is 9.44. The van der Waals surface area contributed by atoms with Crippen LogP contribution in [0.2, 0.25) is 0 Å². The lowest BCUT2D eigenvalue weighted by atomic mass is 10.2. The van der Waals surface area contributed by atoms with Gasteiger partial charge in [0.15, 0.2) is 11.5 Å². The summed E-state index contributed by atoms with van der Waals surface area (Å²) >= 11 is 0. The average molecular weight is 236 g/mol. The predicted molar refractivity (Wildman–Crippen MR) is 63.1 cm³/mol. The monoisotopic (exact) mass is 236 g/mol. The normalized spacial score (nSPS) is 14.6. The fourth-order valence-corrected chi connectivity index (χ4v) is 1.51. The van der Waals surface area contributed by atoms with Gasteiger partial charge in [0.05, 0.1) is 0 Å². The Morgan fingerprint density at radius 2 is 2.00 bits per heavy atom. The van der Waals surface area contributed by atoms with Gasteiger partial charge >= 0.3 is 0 Å². The molecule has 92 valence electrons. The van der Waals surface area contributed by atoms with E-state index in [-0.39, 0.29) is 17.4 Å². The summed E-state index contributed by atoms with van der Waals surface area (Å²) in [6.07, 6.45) is 2.44. The molecule has 1 amide bonds. The highest BCUT2D eigenvalue weighted by molar-refractivity contribution is 5.94. The van der Waals surface area contributed by atoms with Crippen molar-refractivity contribution in [3.63, 3.8) is 0 Å². The first kappa shape index (κ1) is 11.7. The van der Waals surface area contributed by atoms with Crippen molar-refractivity contribution in [2.45, 2.75) is 18.9 Å². The van der Waals surface area contributed by atoms with Crippen LogP contribution < -0.4 is 10.6 Å². The number of nitrogens with one attached hydrogen (secondary N) is 2. The Kier molecular flexibility index (Phi) is 3.49. The molecule has 0 saturated heterocycles. The number of aromatic hydroxyl groups is 2. The molecule has 4 N–H and O–H groups in total. The average Bonchev–Trinajstić information content (AvgIpc) is 3.12.